The Morgan fingerprint density at radius 3 is 2.81 bits per heavy atom. The molecular formula is C11H13FO4. The zero-order chi connectivity index (χ0) is 12.1. The maximum absolute atomic E-state index is 12.9. The minimum atomic E-state index is -1.06. The molecule has 0 spiro atoms. The van der Waals surface area contributed by atoms with E-state index < -0.39 is 17.9 Å². The van der Waals surface area contributed by atoms with Gasteiger partial charge in [0.25, 0.3) is 0 Å². The molecule has 1 aromatic carbocycles. The molecule has 1 N–H and O–H groups in total. The van der Waals surface area contributed by atoms with Crippen molar-refractivity contribution in [2.75, 3.05) is 7.11 Å². The Balaban J connectivity index is 2.72. The highest BCUT2D eigenvalue weighted by molar-refractivity contribution is 5.71. The summed E-state index contributed by atoms with van der Waals surface area (Å²) in [5.41, 5.74) is 0.482. The average molecular weight is 228 g/mol. The minimum absolute atomic E-state index is 0.00556. The Labute approximate surface area is 92.6 Å². The highest BCUT2D eigenvalue weighted by Crippen LogP contribution is 2.20. The Bertz CT molecular complexity index is 378. The van der Waals surface area contributed by atoms with Crippen LogP contribution in [0.25, 0.3) is 0 Å². The second-order valence-electron chi connectivity index (χ2n) is 3.25. The lowest BCUT2D eigenvalue weighted by Gasteiger charge is -2.11. The Kier molecular flexibility index (Phi) is 4.25. The summed E-state index contributed by atoms with van der Waals surface area (Å²) < 4.78 is 23.0. The van der Waals surface area contributed by atoms with Gasteiger partial charge in [0.05, 0.1) is 13.7 Å². The predicted octanol–water partition coefficient (Wildman–Crippen LogP) is 1.82. The normalized spacial score (nSPS) is 12.2. The van der Waals surface area contributed by atoms with E-state index in [-0.39, 0.29) is 6.61 Å². The van der Waals surface area contributed by atoms with Gasteiger partial charge in [0.1, 0.15) is 11.6 Å². The quantitative estimate of drug-likeness (QED) is 0.835. The van der Waals surface area contributed by atoms with Crippen LogP contribution >= 0.6 is 0 Å². The standard InChI is InChI=1S/C11H13FO4/c1-7(11(13)14)16-6-8-5-9(12)3-4-10(8)15-2/h3-5,7H,6H2,1-2H3,(H,13,14)/t7-/m1/s1. The van der Waals surface area contributed by atoms with Crippen LogP contribution in [0.15, 0.2) is 18.2 Å². The topological polar surface area (TPSA) is 55.8 Å². The number of benzene rings is 1. The largest absolute Gasteiger partial charge is 0.496 e. The Morgan fingerprint density at radius 2 is 2.25 bits per heavy atom. The summed E-state index contributed by atoms with van der Waals surface area (Å²) in [5.74, 6) is -1.00. The van der Waals surface area contributed by atoms with E-state index >= 15 is 0 Å². The number of carboxylic acids is 1. The summed E-state index contributed by atoms with van der Waals surface area (Å²) in [4.78, 5) is 10.5. The van der Waals surface area contributed by atoms with Crippen LogP contribution in [0.3, 0.4) is 0 Å². The van der Waals surface area contributed by atoms with Crippen molar-refractivity contribution < 1.29 is 23.8 Å². The molecule has 0 aliphatic carbocycles. The number of methoxy groups -OCH3 is 1. The van der Waals surface area contributed by atoms with E-state index in [2.05, 4.69) is 0 Å². The SMILES string of the molecule is COc1ccc(F)cc1CO[C@H](C)C(=O)O. The molecule has 0 saturated carbocycles. The van der Waals surface area contributed by atoms with Crippen LogP contribution in [0.1, 0.15) is 12.5 Å². The number of aliphatic carboxylic acids is 1. The fraction of sp³-hybridized carbons (Fsp3) is 0.364. The zero-order valence-electron chi connectivity index (χ0n) is 9.07. The van der Waals surface area contributed by atoms with Crippen molar-refractivity contribution in [2.45, 2.75) is 19.6 Å². The molecule has 88 valence electrons. The van der Waals surface area contributed by atoms with Crippen LogP contribution in [0, 0.1) is 5.82 Å². The van der Waals surface area contributed by atoms with E-state index in [0.717, 1.165) is 0 Å². The van der Waals surface area contributed by atoms with Gasteiger partial charge in [-0.2, -0.15) is 0 Å². The maximum Gasteiger partial charge on any atom is 0.332 e. The fourth-order valence-electron chi connectivity index (χ4n) is 1.15. The van der Waals surface area contributed by atoms with Crippen LogP contribution in [-0.4, -0.2) is 24.3 Å². The van der Waals surface area contributed by atoms with Crippen molar-refractivity contribution in [3.05, 3.63) is 29.6 Å². The second-order valence-corrected chi connectivity index (χ2v) is 3.25. The number of hydrogen-bond acceptors (Lipinski definition) is 3. The van der Waals surface area contributed by atoms with Crippen LogP contribution in [0.4, 0.5) is 4.39 Å². The van der Waals surface area contributed by atoms with E-state index in [0.29, 0.717) is 11.3 Å². The molecule has 0 saturated heterocycles. The van der Waals surface area contributed by atoms with Gasteiger partial charge in [-0.3, -0.25) is 0 Å². The van der Waals surface area contributed by atoms with Crippen LogP contribution in [0.5, 0.6) is 5.75 Å². The molecule has 0 fully saturated rings. The van der Waals surface area contributed by atoms with Gasteiger partial charge in [-0.25, -0.2) is 9.18 Å². The third-order valence-electron chi connectivity index (χ3n) is 2.08. The van der Waals surface area contributed by atoms with E-state index in [1.807, 2.05) is 0 Å². The van der Waals surface area contributed by atoms with Crippen molar-refractivity contribution in [1.82, 2.24) is 0 Å². The highest BCUT2D eigenvalue weighted by Gasteiger charge is 2.13. The predicted molar refractivity (Wildman–Crippen MR) is 54.8 cm³/mol. The molecule has 5 heteroatoms. The number of carboxylic acid groups (broad SMARTS) is 1. The van der Waals surface area contributed by atoms with E-state index in [4.69, 9.17) is 14.6 Å². The van der Waals surface area contributed by atoms with Gasteiger partial charge < -0.3 is 14.6 Å². The molecule has 1 aromatic rings. The smallest absolute Gasteiger partial charge is 0.332 e. The van der Waals surface area contributed by atoms with E-state index in [1.165, 1.54) is 32.2 Å². The Morgan fingerprint density at radius 1 is 1.56 bits per heavy atom. The van der Waals surface area contributed by atoms with Crippen molar-refractivity contribution in [1.29, 1.82) is 0 Å². The zero-order valence-corrected chi connectivity index (χ0v) is 9.07. The molecule has 4 nitrogen and oxygen atoms in total. The van der Waals surface area contributed by atoms with Crippen LogP contribution in [-0.2, 0) is 16.1 Å². The molecule has 0 aliphatic rings. The number of halogens is 1. The first kappa shape index (κ1) is 12.4. The molecule has 0 aliphatic heterocycles. The van der Waals surface area contributed by atoms with Crippen molar-refractivity contribution in [3.8, 4) is 5.75 Å². The van der Waals surface area contributed by atoms with E-state index in [9.17, 15) is 9.18 Å². The van der Waals surface area contributed by atoms with Crippen LogP contribution in [0.2, 0.25) is 0 Å². The highest BCUT2D eigenvalue weighted by atomic mass is 19.1. The summed E-state index contributed by atoms with van der Waals surface area (Å²) in [6, 6.07) is 4.00. The first-order valence-electron chi connectivity index (χ1n) is 4.71. The van der Waals surface area contributed by atoms with Crippen molar-refractivity contribution in [2.24, 2.45) is 0 Å². The summed E-state index contributed by atoms with van der Waals surface area (Å²) >= 11 is 0. The summed E-state index contributed by atoms with van der Waals surface area (Å²) in [6.45, 7) is 1.41. The summed E-state index contributed by atoms with van der Waals surface area (Å²) in [6.07, 6.45) is -0.937. The lowest BCUT2D eigenvalue weighted by atomic mass is 10.2. The molecule has 1 atom stereocenters. The van der Waals surface area contributed by atoms with Gasteiger partial charge in [-0.05, 0) is 25.1 Å². The number of carbonyl (C=O) groups is 1. The van der Waals surface area contributed by atoms with Gasteiger partial charge >= 0.3 is 5.97 Å². The first-order chi connectivity index (χ1) is 7.54. The van der Waals surface area contributed by atoms with Gasteiger partial charge in [0.2, 0.25) is 0 Å². The molecule has 1 rings (SSSR count). The Hall–Kier alpha value is -1.62. The number of hydrogen-bond donors (Lipinski definition) is 1. The van der Waals surface area contributed by atoms with Crippen molar-refractivity contribution in [3.63, 3.8) is 0 Å². The van der Waals surface area contributed by atoms with Gasteiger partial charge in [0, 0.05) is 5.56 Å². The average Bonchev–Trinajstić information content (AvgIpc) is 2.25. The van der Waals surface area contributed by atoms with Gasteiger partial charge in [-0.1, -0.05) is 0 Å². The molecule has 0 radical (unpaired) electrons. The van der Waals surface area contributed by atoms with Gasteiger partial charge in [0.15, 0.2) is 6.10 Å². The molecule has 0 bridgehead atoms. The monoisotopic (exact) mass is 228 g/mol. The molecule has 0 amide bonds. The number of ether oxygens (including phenoxy) is 2. The summed E-state index contributed by atoms with van der Waals surface area (Å²) in [5, 5.41) is 8.61. The molecule has 0 aromatic heterocycles. The third kappa shape index (κ3) is 3.20. The van der Waals surface area contributed by atoms with Crippen LogP contribution < -0.4 is 4.74 Å². The lowest BCUT2D eigenvalue weighted by Crippen LogP contribution is -2.19. The molecule has 0 unspecified atom stereocenters. The summed E-state index contributed by atoms with van der Waals surface area (Å²) in [7, 11) is 1.46. The maximum atomic E-state index is 12.9. The molecule has 0 heterocycles. The fourth-order valence-corrected chi connectivity index (χ4v) is 1.15. The van der Waals surface area contributed by atoms with E-state index in [1.54, 1.807) is 0 Å². The minimum Gasteiger partial charge on any atom is -0.496 e. The van der Waals surface area contributed by atoms with Crippen molar-refractivity contribution >= 4 is 5.97 Å². The lowest BCUT2D eigenvalue weighted by molar-refractivity contribution is -0.149. The third-order valence-corrected chi connectivity index (χ3v) is 2.08. The number of rotatable bonds is 5. The first-order valence-corrected chi connectivity index (χ1v) is 4.71. The molecular weight excluding hydrogens is 215 g/mol. The van der Waals surface area contributed by atoms with Gasteiger partial charge in [-0.15, -0.1) is 0 Å². The molecule has 16 heavy (non-hydrogen) atoms. The second kappa shape index (κ2) is 5.46.